The van der Waals surface area contributed by atoms with E-state index in [-0.39, 0.29) is 5.78 Å². The summed E-state index contributed by atoms with van der Waals surface area (Å²) in [6.07, 6.45) is 1.23. The molecule has 0 aliphatic rings. The van der Waals surface area contributed by atoms with Crippen LogP contribution in [0, 0.1) is 0 Å². The summed E-state index contributed by atoms with van der Waals surface area (Å²) in [5, 5.41) is 0. The fourth-order valence-corrected chi connectivity index (χ4v) is 1.13. The monoisotopic (exact) mass is 190 g/mol. The van der Waals surface area contributed by atoms with Gasteiger partial charge in [0.1, 0.15) is 6.10 Å². The molecule has 0 N–H and O–H groups in total. The molecule has 0 unspecified atom stereocenters. The Morgan fingerprint density at radius 3 is 2.71 bits per heavy atom. The molecule has 0 spiro atoms. The number of carbonyl (C=O) groups is 1. The van der Waals surface area contributed by atoms with E-state index in [1.165, 1.54) is 0 Å². The molecule has 2 nitrogen and oxygen atoms in total. The van der Waals surface area contributed by atoms with E-state index in [1.54, 1.807) is 25.1 Å². The molecule has 0 heterocycles. The van der Waals surface area contributed by atoms with Gasteiger partial charge < -0.3 is 4.74 Å². The van der Waals surface area contributed by atoms with Gasteiger partial charge in [0.05, 0.1) is 6.61 Å². The highest BCUT2D eigenvalue weighted by atomic mass is 16.5. The highest BCUT2D eigenvalue weighted by Crippen LogP contribution is 2.05. The average Bonchev–Trinajstić information content (AvgIpc) is 2.26. The van der Waals surface area contributed by atoms with Crippen LogP contribution in [0.2, 0.25) is 0 Å². The van der Waals surface area contributed by atoms with Crippen LogP contribution >= 0.6 is 0 Å². The van der Waals surface area contributed by atoms with Gasteiger partial charge in [-0.15, -0.1) is 6.58 Å². The van der Waals surface area contributed by atoms with E-state index in [9.17, 15) is 4.79 Å². The summed E-state index contributed by atoms with van der Waals surface area (Å²) in [5.41, 5.74) is 0.684. The van der Waals surface area contributed by atoms with Crippen molar-refractivity contribution in [2.45, 2.75) is 13.0 Å². The summed E-state index contributed by atoms with van der Waals surface area (Å²) >= 11 is 0. The van der Waals surface area contributed by atoms with Crippen LogP contribution in [0.4, 0.5) is 0 Å². The molecule has 1 aromatic carbocycles. The zero-order chi connectivity index (χ0) is 10.4. The van der Waals surface area contributed by atoms with Crippen molar-refractivity contribution >= 4 is 5.78 Å². The Morgan fingerprint density at radius 1 is 1.50 bits per heavy atom. The molecule has 74 valence electrons. The molecule has 0 aromatic heterocycles. The van der Waals surface area contributed by atoms with Gasteiger partial charge in [0.25, 0.3) is 0 Å². The summed E-state index contributed by atoms with van der Waals surface area (Å²) in [7, 11) is 0. The molecule has 0 aliphatic heterocycles. The van der Waals surface area contributed by atoms with E-state index in [1.807, 2.05) is 18.2 Å². The molecule has 1 rings (SSSR count). The molecule has 0 saturated heterocycles. The van der Waals surface area contributed by atoms with Crippen molar-refractivity contribution in [2.75, 3.05) is 6.61 Å². The first kappa shape index (κ1) is 10.7. The van der Waals surface area contributed by atoms with Crippen LogP contribution in [-0.4, -0.2) is 18.5 Å². The first-order chi connectivity index (χ1) is 6.75. The smallest absolute Gasteiger partial charge is 0.191 e. The molecule has 0 fully saturated rings. The third kappa shape index (κ3) is 2.82. The Balaban J connectivity index is 2.61. The van der Waals surface area contributed by atoms with Crippen molar-refractivity contribution in [1.82, 2.24) is 0 Å². The zero-order valence-electron chi connectivity index (χ0n) is 8.27. The van der Waals surface area contributed by atoms with Crippen LogP contribution in [0.3, 0.4) is 0 Å². The van der Waals surface area contributed by atoms with Gasteiger partial charge in [0.15, 0.2) is 5.78 Å². The first-order valence-electron chi connectivity index (χ1n) is 4.57. The SMILES string of the molecule is C=CCO[C@@H](C)C(=O)c1ccccc1. The number of benzene rings is 1. The van der Waals surface area contributed by atoms with Crippen molar-refractivity contribution in [3.05, 3.63) is 48.6 Å². The second-order valence-electron chi connectivity index (χ2n) is 2.99. The minimum atomic E-state index is -0.407. The van der Waals surface area contributed by atoms with Crippen LogP contribution in [-0.2, 0) is 4.74 Å². The van der Waals surface area contributed by atoms with E-state index in [2.05, 4.69) is 6.58 Å². The third-order valence-corrected chi connectivity index (χ3v) is 1.89. The fraction of sp³-hybridized carbons (Fsp3) is 0.250. The lowest BCUT2D eigenvalue weighted by Gasteiger charge is -2.09. The van der Waals surface area contributed by atoms with Gasteiger partial charge in [-0.2, -0.15) is 0 Å². The molecule has 14 heavy (non-hydrogen) atoms. The van der Waals surface area contributed by atoms with Crippen molar-refractivity contribution in [3.8, 4) is 0 Å². The van der Waals surface area contributed by atoms with Gasteiger partial charge in [-0.1, -0.05) is 36.4 Å². The van der Waals surface area contributed by atoms with Crippen LogP contribution < -0.4 is 0 Å². The standard InChI is InChI=1S/C12H14O2/c1-3-9-14-10(2)12(13)11-7-5-4-6-8-11/h3-8,10H,1,9H2,2H3/t10-/m0/s1. The summed E-state index contributed by atoms with van der Waals surface area (Å²) in [6.45, 7) is 5.68. The Bertz CT molecular complexity index is 303. The first-order valence-corrected chi connectivity index (χ1v) is 4.57. The molecule has 0 saturated carbocycles. The van der Waals surface area contributed by atoms with Gasteiger partial charge in [0, 0.05) is 5.56 Å². The lowest BCUT2D eigenvalue weighted by molar-refractivity contribution is 0.0566. The number of carbonyl (C=O) groups excluding carboxylic acids is 1. The zero-order valence-corrected chi connectivity index (χ0v) is 8.27. The van der Waals surface area contributed by atoms with E-state index in [0.29, 0.717) is 12.2 Å². The Labute approximate surface area is 84.2 Å². The number of ether oxygens (including phenoxy) is 1. The highest BCUT2D eigenvalue weighted by molar-refractivity contribution is 5.99. The number of ketones is 1. The summed E-state index contributed by atoms with van der Waals surface area (Å²) < 4.78 is 5.24. The molecule has 0 amide bonds. The second kappa shape index (κ2) is 5.35. The lowest BCUT2D eigenvalue weighted by Crippen LogP contribution is -2.20. The maximum absolute atomic E-state index is 11.7. The quantitative estimate of drug-likeness (QED) is 0.526. The number of hydrogen-bond acceptors (Lipinski definition) is 2. The van der Waals surface area contributed by atoms with Gasteiger partial charge in [0.2, 0.25) is 0 Å². The number of Topliss-reactive ketones (excluding diaryl/α,β-unsaturated/α-hetero) is 1. The molecule has 1 atom stereocenters. The maximum atomic E-state index is 11.7. The van der Waals surface area contributed by atoms with E-state index in [0.717, 1.165) is 0 Å². The minimum absolute atomic E-state index is 0.00690. The third-order valence-electron chi connectivity index (χ3n) is 1.89. The molecule has 0 aliphatic carbocycles. The van der Waals surface area contributed by atoms with Gasteiger partial charge >= 0.3 is 0 Å². The summed E-state index contributed by atoms with van der Waals surface area (Å²) in [5.74, 6) is 0.00690. The van der Waals surface area contributed by atoms with E-state index in [4.69, 9.17) is 4.74 Å². The summed E-state index contributed by atoms with van der Waals surface area (Å²) in [6, 6.07) is 9.14. The second-order valence-corrected chi connectivity index (χ2v) is 2.99. The Hall–Kier alpha value is -1.41. The Morgan fingerprint density at radius 2 is 2.14 bits per heavy atom. The van der Waals surface area contributed by atoms with Crippen LogP contribution in [0.5, 0.6) is 0 Å². The van der Waals surface area contributed by atoms with E-state index >= 15 is 0 Å². The van der Waals surface area contributed by atoms with Crippen LogP contribution in [0.25, 0.3) is 0 Å². The molecule has 2 heteroatoms. The van der Waals surface area contributed by atoms with Gasteiger partial charge in [-0.3, -0.25) is 4.79 Å². The number of rotatable bonds is 5. The highest BCUT2D eigenvalue weighted by Gasteiger charge is 2.14. The van der Waals surface area contributed by atoms with Crippen molar-refractivity contribution < 1.29 is 9.53 Å². The number of hydrogen-bond donors (Lipinski definition) is 0. The predicted octanol–water partition coefficient (Wildman–Crippen LogP) is 2.46. The van der Waals surface area contributed by atoms with E-state index < -0.39 is 6.10 Å². The molecule has 0 bridgehead atoms. The molecular weight excluding hydrogens is 176 g/mol. The van der Waals surface area contributed by atoms with Crippen molar-refractivity contribution in [2.24, 2.45) is 0 Å². The largest absolute Gasteiger partial charge is 0.366 e. The minimum Gasteiger partial charge on any atom is -0.366 e. The van der Waals surface area contributed by atoms with Crippen molar-refractivity contribution in [1.29, 1.82) is 0 Å². The topological polar surface area (TPSA) is 26.3 Å². The normalized spacial score (nSPS) is 12.1. The Kier molecular flexibility index (Phi) is 4.08. The fourth-order valence-electron chi connectivity index (χ4n) is 1.13. The van der Waals surface area contributed by atoms with Crippen molar-refractivity contribution in [3.63, 3.8) is 0 Å². The van der Waals surface area contributed by atoms with Crippen LogP contribution in [0.15, 0.2) is 43.0 Å². The summed E-state index contributed by atoms with van der Waals surface area (Å²) in [4.78, 5) is 11.7. The van der Waals surface area contributed by atoms with Gasteiger partial charge in [-0.05, 0) is 6.92 Å². The molecular formula is C12H14O2. The molecule has 1 aromatic rings. The predicted molar refractivity (Wildman–Crippen MR) is 56.4 cm³/mol. The average molecular weight is 190 g/mol. The lowest BCUT2D eigenvalue weighted by atomic mass is 10.1. The molecule has 0 radical (unpaired) electrons. The van der Waals surface area contributed by atoms with Gasteiger partial charge in [-0.25, -0.2) is 0 Å². The maximum Gasteiger partial charge on any atom is 0.191 e. The van der Waals surface area contributed by atoms with Crippen LogP contribution in [0.1, 0.15) is 17.3 Å².